The van der Waals surface area contributed by atoms with Crippen LogP contribution in [0.4, 0.5) is 10.3 Å². The summed E-state index contributed by atoms with van der Waals surface area (Å²) in [6.07, 6.45) is 0. The Hall–Kier alpha value is -1.31. The highest BCUT2D eigenvalue weighted by Crippen LogP contribution is 2.20. The van der Waals surface area contributed by atoms with E-state index in [0.717, 1.165) is 0 Å². The van der Waals surface area contributed by atoms with Gasteiger partial charge in [0, 0.05) is 0 Å². The number of aromatic nitrogens is 3. The molecule has 0 radical (unpaired) electrons. The normalized spacial score (nSPS) is 12.8. The second kappa shape index (κ2) is 3.39. The molecule has 6 nitrogen and oxygen atoms in total. The average Bonchev–Trinajstić information content (AvgIpc) is 2.35. The molecule has 0 aromatic carbocycles. The Balaban J connectivity index is 2.58. The molecule has 1 aromatic rings. The van der Waals surface area contributed by atoms with E-state index in [1.165, 1.54) is 0 Å². The lowest BCUT2D eigenvalue weighted by Gasteiger charge is -1.95. The van der Waals surface area contributed by atoms with Crippen molar-refractivity contribution in [2.45, 2.75) is 10.7 Å². The van der Waals surface area contributed by atoms with Crippen molar-refractivity contribution in [1.82, 2.24) is 15.2 Å². The molecule has 66 valence electrons. The molecule has 0 saturated carbocycles. The van der Waals surface area contributed by atoms with Gasteiger partial charge in [0.05, 0.1) is 0 Å². The van der Waals surface area contributed by atoms with E-state index in [1.807, 2.05) is 0 Å². The smallest absolute Gasteiger partial charge is 0.349 e. The maximum Gasteiger partial charge on any atom is 0.349 e. The highest BCUT2D eigenvalue weighted by molar-refractivity contribution is 8.00. The zero-order chi connectivity index (χ0) is 9.14. The zero-order valence-electron chi connectivity index (χ0n) is 5.69. The third-order valence-corrected chi connectivity index (χ3v) is 1.69. The predicted molar refractivity (Wildman–Crippen MR) is 39.2 cm³/mol. The third-order valence-electron chi connectivity index (χ3n) is 0.885. The second-order valence-corrected chi connectivity index (χ2v) is 2.79. The lowest BCUT2D eigenvalue weighted by atomic mass is 10.8. The van der Waals surface area contributed by atoms with Gasteiger partial charge in [-0.2, -0.15) is 4.98 Å². The quantitative estimate of drug-likeness (QED) is 0.575. The number of carboxylic acid groups (broad SMARTS) is 1. The standard InChI is InChI=1S/C4H5FN4O2S/c5-1(2(10)11)12-4-7-3(6)8-9-4/h1H,(H,10,11)(H3,6,7,8,9). The van der Waals surface area contributed by atoms with Crippen molar-refractivity contribution in [2.75, 3.05) is 5.73 Å². The summed E-state index contributed by atoms with van der Waals surface area (Å²) in [5.74, 6) is -1.54. The SMILES string of the molecule is Nc1nc(SC(F)C(=O)O)n[nH]1. The first-order chi connectivity index (χ1) is 5.59. The lowest BCUT2D eigenvalue weighted by molar-refractivity contribution is -0.139. The molecule has 12 heavy (non-hydrogen) atoms. The number of nitrogen functional groups attached to an aromatic ring is 1. The zero-order valence-corrected chi connectivity index (χ0v) is 6.51. The van der Waals surface area contributed by atoms with E-state index in [4.69, 9.17) is 10.8 Å². The van der Waals surface area contributed by atoms with Gasteiger partial charge in [-0.1, -0.05) is 0 Å². The van der Waals surface area contributed by atoms with Gasteiger partial charge in [0.1, 0.15) is 0 Å². The molecule has 1 atom stereocenters. The Bertz CT molecular complexity index is 290. The number of aliphatic carboxylic acids is 1. The van der Waals surface area contributed by atoms with E-state index in [0.29, 0.717) is 11.8 Å². The fraction of sp³-hybridized carbons (Fsp3) is 0.250. The van der Waals surface area contributed by atoms with Gasteiger partial charge >= 0.3 is 5.97 Å². The largest absolute Gasteiger partial charge is 0.478 e. The van der Waals surface area contributed by atoms with Gasteiger partial charge in [0.2, 0.25) is 16.6 Å². The summed E-state index contributed by atoms with van der Waals surface area (Å²) in [6, 6.07) is 0. The van der Waals surface area contributed by atoms with Crippen molar-refractivity contribution in [3.63, 3.8) is 0 Å². The number of nitrogens with one attached hydrogen (secondary N) is 1. The minimum atomic E-state index is -2.07. The summed E-state index contributed by atoms with van der Waals surface area (Å²) >= 11 is 0.373. The van der Waals surface area contributed by atoms with Crippen molar-refractivity contribution < 1.29 is 14.3 Å². The monoisotopic (exact) mass is 192 g/mol. The highest BCUT2D eigenvalue weighted by atomic mass is 32.2. The number of H-pyrrole nitrogens is 1. The van der Waals surface area contributed by atoms with E-state index in [9.17, 15) is 9.18 Å². The summed E-state index contributed by atoms with van der Waals surface area (Å²) < 4.78 is 12.4. The van der Waals surface area contributed by atoms with Crippen molar-refractivity contribution in [3.05, 3.63) is 0 Å². The highest BCUT2D eigenvalue weighted by Gasteiger charge is 2.19. The molecule has 0 aliphatic heterocycles. The molecule has 0 fully saturated rings. The molecular weight excluding hydrogens is 187 g/mol. The third kappa shape index (κ3) is 2.09. The first-order valence-corrected chi connectivity index (χ1v) is 3.69. The van der Waals surface area contributed by atoms with Crippen molar-refractivity contribution in [2.24, 2.45) is 0 Å². The van der Waals surface area contributed by atoms with Crippen LogP contribution in [0.25, 0.3) is 0 Å². The summed E-state index contributed by atoms with van der Waals surface area (Å²) in [4.78, 5) is 13.5. The van der Waals surface area contributed by atoms with Crippen LogP contribution in [0.3, 0.4) is 0 Å². The summed E-state index contributed by atoms with van der Waals surface area (Å²) in [6.45, 7) is 0. The number of hydrogen-bond acceptors (Lipinski definition) is 5. The van der Waals surface area contributed by atoms with Crippen molar-refractivity contribution >= 4 is 23.7 Å². The Kier molecular flexibility index (Phi) is 2.48. The molecule has 1 rings (SSSR count). The molecule has 0 aliphatic carbocycles. The van der Waals surface area contributed by atoms with Crippen LogP contribution >= 0.6 is 11.8 Å². The molecule has 0 bridgehead atoms. The first kappa shape index (κ1) is 8.78. The Labute approximate surface area is 70.4 Å². The Morgan fingerprint density at radius 1 is 1.83 bits per heavy atom. The molecule has 4 N–H and O–H groups in total. The average molecular weight is 192 g/mol. The number of rotatable bonds is 3. The van der Waals surface area contributed by atoms with Gasteiger partial charge in [0.25, 0.3) is 0 Å². The molecular formula is C4H5FN4O2S. The van der Waals surface area contributed by atoms with Crippen LogP contribution in [0, 0.1) is 0 Å². The first-order valence-electron chi connectivity index (χ1n) is 2.81. The van der Waals surface area contributed by atoms with Crippen LogP contribution in [-0.4, -0.2) is 31.8 Å². The van der Waals surface area contributed by atoms with E-state index in [-0.39, 0.29) is 11.1 Å². The van der Waals surface area contributed by atoms with Gasteiger partial charge in [-0.3, -0.25) is 0 Å². The minimum Gasteiger partial charge on any atom is -0.478 e. The van der Waals surface area contributed by atoms with E-state index >= 15 is 0 Å². The number of hydrogen-bond donors (Lipinski definition) is 3. The molecule has 0 saturated heterocycles. The van der Waals surface area contributed by atoms with Crippen molar-refractivity contribution in [3.8, 4) is 0 Å². The van der Waals surface area contributed by atoms with Crippen LogP contribution in [0.5, 0.6) is 0 Å². The van der Waals surface area contributed by atoms with E-state index in [1.54, 1.807) is 0 Å². The van der Waals surface area contributed by atoms with Crippen molar-refractivity contribution in [1.29, 1.82) is 0 Å². The number of carbonyl (C=O) groups is 1. The second-order valence-electron chi connectivity index (χ2n) is 1.78. The summed E-state index contributed by atoms with van der Waals surface area (Å²) in [5, 5.41) is 13.8. The molecule has 8 heteroatoms. The Morgan fingerprint density at radius 2 is 2.50 bits per heavy atom. The number of anilines is 1. The maximum absolute atomic E-state index is 12.4. The molecule has 1 heterocycles. The number of aromatic amines is 1. The van der Waals surface area contributed by atoms with E-state index < -0.39 is 11.5 Å². The molecule has 1 unspecified atom stereocenters. The van der Waals surface area contributed by atoms with Crippen LogP contribution in [-0.2, 0) is 4.79 Å². The summed E-state index contributed by atoms with van der Waals surface area (Å²) in [5.41, 5.74) is 3.05. The number of halogens is 1. The van der Waals surface area contributed by atoms with Gasteiger partial charge in [-0.05, 0) is 11.8 Å². The summed E-state index contributed by atoms with van der Waals surface area (Å²) in [7, 11) is 0. The fourth-order valence-corrected chi connectivity index (χ4v) is 0.989. The van der Waals surface area contributed by atoms with Crippen LogP contribution < -0.4 is 5.73 Å². The van der Waals surface area contributed by atoms with Crippen LogP contribution in [0.2, 0.25) is 0 Å². The van der Waals surface area contributed by atoms with E-state index in [2.05, 4.69) is 15.2 Å². The molecule has 0 spiro atoms. The fourth-order valence-electron chi connectivity index (χ4n) is 0.454. The topological polar surface area (TPSA) is 105 Å². The van der Waals surface area contributed by atoms with Crippen LogP contribution in [0.15, 0.2) is 5.16 Å². The maximum atomic E-state index is 12.4. The number of carboxylic acids is 1. The van der Waals surface area contributed by atoms with Gasteiger partial charge in [-0.25, -0.2) is 14.3 Å². The van der Waals surface area contributed by atoms with Gasteiger partial charge < -0.3 is 10.8 Å². The lowest BCUT2D eigenvalue weighted by Crippen LogP contribution is -2.09. The predicted octanol–water partition coefficient (Wildman–Crippen LogP) is -0.141. The Morgan fingerprint density at radius 3 is 2.92 bits per heavy atom. The number of nitrogens with zero attached hydrogens (tertiary/aromatic N) is 2. The molecule has 1 aromatic heterocycles. The molecule has 0 amide bonds. The number of thioether (sulfide) groups is 1. The minimum absolute atomic E-state index is 0.0232. The number of alkyl halides is 1. The van der Waals surface area contributed by atoms with Gasteiger partial charge in [-0.15, -0.1) is 5.10 Å². The number of nitrogens with two attached hydrogens (primary N) is 1. The van der Waals surface area contributed by atoms with Crippen LogP contribution in [0.1, 0.15) is 0 Å². The van der Waals surface area contributed by atoms with Gasteiger partial charge in [0.15, 0.2) is 0 Å². The molecule has 0 aliphatic rings.